The molecule has 3 aromatic rings. The van der Waals surface area contributed by atoms with Crippen molar-refractivity contribution in [3.8, 4) is 17.0 Å². The highest BCUT2D eigenvalue weighted by Crippen LogP contribution is 2.32. The van der Waals surface area contributed by atoms with Gasteiger partial charge in [-0.3, -0.25) is 9.69 Å². The maximum absolute atomic E-state index is 14.1. The van der Waals surface area contributed by atoms with Crippen molar-refractivity contribution in [1.82, 2.24) is 29.5 Å². The highest BCUT2D eigenvalue weighted by atomic mass is 19.1. The van der Waals surface area contributed by atoms with E-state index >= 15 is 0 Å². The number of carbonyl (C=O) groups excluding carboxylic acids is 1. The third-order valence-electron chi connectivity index (χ3n) is 6.31. The molecule has 182 valence electrons. The number of amides is 1. The molecule has 0 radical (unpaired) electrons. The van der Waals surface area contributed by atoms with Crippen LogP contribution < -0.4 is 10.5 Å². The fourth-order valence-corrected chi connectivity index (χ4v) is 4.42. The van der Waals surface area contributed by atoms with E-state index in [1.54, 1.807) is 6.07 Å². The minimum Gasteiger partial charge on any atom is -0.497 e. The van der Waals surface area contributed by atoms with Crippen molar-refractivity contribution in [2.75, 3.05) is 45.6 Å². The van der Waals surface area contributed by atoms with E-state index in [1.807, 2.05) is 16.5 Å². The average molecular weight is 470 g/mol. The molecule has 1 saturated heterocycles. The number of piperazine rings is 1. The molecule has 0 saturated carbocycles. The molecule has 10 heteroatoms. The van der Waals surface area contributed by atoms with Crippen molar-refractivity contribution in [2.24, 2.45) is 0 Å². The molecule has 1 aliphatic heterocycles. The predicted octanol–water partition coefficient (Wildman–Crippen LogP) is 2.95. The number of aromatic nitrogens is 4. The Labute approximate surface area is 198 Å². The number of anilines is 1. The summed E-state index contributed by atoms with van der Waals surface area (Å²) in [6.45, 7) is 7.13. The molecule has 1 aromatic carbocycles. The number of halogens is 1. The standard InChI is InChI=1S/C24H32FN7O2/c1-3-20(33)31-11-9-30(10-12-31)7-5-4-6-8-32-24-21(23(26)27-16-28-24)22(29-32)17-13-18(25)15-19(14-17)34-2/h13-16H,3-12H2,1-2H3,(H2,26,27,28). The highest BCUT2D eigenvalue weighted by Gasteiger charge is 2.20. The smallest absolute Gasteiger partial charge is 0.222 e. The molecule has 2 aromatic heterocycles. The zero-order chi connectivity index (χ0) is 24.1. The third-order valence-corrected chi connectivity index (χ3v) is 6.31. The van der Waals surface area contributed by atoms with Gasteiger partial charge in [-0.25, -0.2) is 19.0 Å². The molecular weight excluding hydrogens is 437 g/mol. The lowest BCUT2D eigenvalue weighted by Gasteiger charge is -2.34. The van der Waals surface area contributed by atoms with Crippen LogP contribution in [0.1, 0.15) is 32.6 Å². The lowest BCUT2D eigenvalue weighted by Crippen LogP contribution is -2.48. The Morgan fingerprint density at radius 3 is 2.59 bits per heavy atom. The van der Waals surface area contributed by atoms with Gasteiger partial charge in [0.15, 0.2) is 5.65 Å². The van der Waals surface area contributed by atoms with Crippen molar-refractivity contribution >= 4 is 22.8 Å². The van der Waals surface area contributed by atoms with Crippen LogP contribution in [0.2, 0.25) is 0 Å². The van der Waals surface area contributed by atoms with Crippen LogP contribution in [0.25, 0.3) is 22.3 Å². The number of ether oxygens (including phenoxy) is 1. The SMILES string of the molecule is CCC(=O)N1CCN(CCCCCn2nc(-c3cc(F)cc(OC)c3)c3c(N)ncnc32)CC1. The molecule has 0 bridgehead atoms. The minimum atomic E-state index is -0.410. The van der Waals surface area contributed by atoms with Gasteiger partial charge in [-0.1, -0.05) is 13.3 Å². The van der Waals surface area contributed by atoms with E-state index in [9.17, 15) is 9.18 Å². The fourth-order valence-electron chi connectivity index (χ4n) is 4.42. The van der Waals surface area contributed by atoms with Gasteiger partial charge < -0.3 is 15.4 Å². The van der Waals surface area contributed by atoms with Crippen molar-refractivity contribution in [2.45, 2.75) is 39.2 Å². The van der Waals surface area contributed by atoms with E-state index in [-0.39, 0.29) is 5.91 Å². The van der Waals surface area contributed by atoms with Gasteiger partial charge in [-0.15, -0.1) is 0 Å². The van der Waals surface area contributed by atoms with E-state index < -0.39 is 5.82 Å². The maximum Gasteiger partial charge on any atom is 0.222 e. The van der Waals surface area contributed by atoms with E-state index in [2.05, 4.69) is 14.9 Å². The van der Waals surface area contributed by atoms with Crippen molar-refractivity contribution in [1.29, 1.82) is 0 Å². The molecule has 1 aliphatic rings. The summed E-state index contributed by atoms with van der Waals surface area (Å²) in [6, 6.07) is 4.47. The second kappa shape index (κ2) is 10.8. The van der Waals surface area contributed by atoms with Crippen LogP contribution in [-0.2, 0) is 11.3 Å². The Morgan fingerprint density at radius 2 is 1.85 bits per heavy atom. The Balaban J connectivity index is 1.38. The molecule has 0 unspecified atom stereocenters. The van der Waals surface area contributed by atoms with Crippen LogP contribution >= 0.6 is 0 Å². The number of carbonyl (C=O) groups is 1. The number of hydrogen-bond donors (Lipinski definition) is 1. The summed E-state index contributed by atoms with van der Waals surface area (Å²) >= 11 is 0. The Hall–Kier alpha value is -3.27. The lowest BCUT2D eigenvalue weighted by molar-refractivity contribution is -0.132. The Bertz CT molecular complexity index is 1140. The first-order chi connectivity index (χ1) is 16.5. The van der Waals surface area contributed by atoms with Crippen LogP contribution in [-0.4, -0.2) is 75.3 Å². The van der Waals surface area contributed by atoms with Crippen molar-refractivity contribution in [3.05, 3.63) is 30.3 Å². The number of aryl methyl sites for hydroxylation is 1. The first-order valence-corrected chi connectivity index (χ1v) is 11.8. The average Bonchev–Trinajstić information content (AvgIpc) is 3.23. The molecule has 4 rings (SSSR count). The molecule has 1 amide bonds. The number of hydrogen-bond acceptors (Lipinski definition) is 7. The van der Waals surface area contributed by atoms with Crippen molar-refractivity contribution in [3.63, 3.8) is 0 Å². The first-order valence-electron chi connectivity index (χ1n) is 11.8. The molecule has 9 nitrogen and oxygen atoms in total. The number of nitrogens with two attached hydrogens (primary N) is 1. The second-order valence-corrected chi connectivity index (χ2v) is 8.55. The number of nitrogens with zero attached hydrogens (tertiary/aromatic N) is 6. The maximum atomic E-state index is 14.1. The van der Waals surface area contributed by atoms with Gasteiger partial charge in [0.2, 0.25) is 5.91 Å². The molecule has 0 spiro atoms. The second-order valence-electron chi connectivity index (χ2n) is 8.55. The largest absolute Gasteiger partial charge is 0.497 e. The molecule has 3 heterocycles. The number of rotatable bonds is 9. The number of benzene rings is 1. The van der Waals surface area contributed by atoms with Gasteiger partial charge in [-0.2, -0.15) is 5.10 Å². The quantitative estimate of drug-likeness (QED) is 0.481. The molecule has 34 heavy (non-hydrogen) atoms. The molecule has 0 aliphatic carbocycles. The fraction of sp³-hybridized carbons (Fsp3) is 0.500. The summed E-state index contributed by atoms with van der Waals surface area (Å²) in [5.74, 6) is 0.558. The van der Waals surface area contributed by atoms with Crippen LogP contribution in [0.5, 0.6) is 5.75 Å². The zero-order valence-corrected chi connectivity index (χ0v) is 19.8. The molecule has 1 fully saturated rings. The highest BCUT2D eigenvalue weighted by molar-refractivity contribution is 5.98. The molecule has 2 N–H and O–H groups in total. The Kier molecular flexibility index (Phi) is 7.56. The van der Waals surface area contributed by atoms with Gasteiger partial charge in [0.05, 0.1) is 12.5 Å². The third kappa shape index (κ3) is 5.27. The summed E-state index contributed by atoms with van der Waals surface area (Å²) in [7, 11) is 1.50. The monoisotopic (exact) mass is 469 g/mol. The number of fused-ring (bicyclic) bond motifs is 1. The Morgan fingerprint density at radius 1 is 1.09 bits per heavy atom. The summed E-state index contributed by atoms with van der Waals surface area (Å²) in [4.78, 5) is 24.7. The first kappa shape index (κ1) is 23.9. The minimum absolute atomic E-state index is 0.242. The van der Waals surface area contributed by atoms with Crippen LogP contribution in [0.3, 0.4) is 0 Å². The van der Waals surface area contributed by atoms with E-state index in [1.165, 1.54) is 25.6 Å². The summed E-state index contributed by atoms with van der Waals surface area (Å²) in [5, 5.41) is 5.34. The van der Waals surface area contributed by atoms with Crippen LogP contribution in [0.4, 0.5) is 10.2 Å². The summed E-state index contributed by atoms with van der Waals surface area (Å²) < 4.78 is 21.2. The number of methoxy groups -OCH3 is 1. The van der Waals surface area contributed by atoms with Crippen molar-refractivity contribution < 1.29 is 13.9 Å². The molecular formula is C24H32FN7O2. The topological polar surface area (TPSA) is 102 Å². The van der Waals surface area contributed by atoms with Gasteiger partial charge in [-0.05, 0) is 31.5 Å². The van der Waals surface area contributed by atoms with E-state index in [0.29, 0.717) is 46.8 Å². The van der Waals surface area contributed by atoms with Gasteiger partial charge in [0, 0.05) is 50.8 Å². The molecule has 0 atom stereocenters. The summed E-state index contributed by atoms with van der Waals surface area (Å²) in [5.41, 5.74) is 7.91. The van der Waals surface area contributed by atoms with Gasteiger partial charge >= 0.3 is 0 Å². The van der Waals surface area contributed by atoms with Gasteiger partial charge in [0.1, 0.15) is 29.4 Å². The number of nitrogen functional groups attached to an aromatic ring is 1. The van der Waals surface area contributed by atoms with E-state index in [0.717, 1.165) is 52.0 Å². The zero-order valence-electron chi connectivity index (χ0n) is 19.8. The summed E-state index contributed by atoms with van der Waals surface area (Å²) in [6.07, 6.45) is 5.05. The van der Waals surface area contributed by atoms with Gasteiger partial charge in [0.25, 0.3) is 0 Å². The lowest BCUT2D eigenvalue weighted by atomic mass is 10.1. The normalized spacial score (nSPS) is 14.6. The van der Waals surface area contributed by atoms with Crippen LogP contribution in [0.15, 0.2) is 24.5 Å². The van der Waals surface area contributed by atoms with Crippen LogP contribution in [0, 0.1) is 5.82 Å². The number of unbranched alkanes of at least 4 members (excludes halogenated alkanes) is 2. The predicted molar refractivity (Wildman–Crippen MR) is 129 cm³/mol. The van der Waals surface area contributed by atoms with E-state index in [4.69, 9.17) is 15.6 Å².